The van der Waals surface area contributed by atoms with Gasteiger partial charge in [0.1, 0.15) is 5.82 Å². The SMILES string of the molecule is CCN(CC)CCCC(C)C1(N)N=CC=C(Nc2ccc3[nH]c(C)cc3c2)N1. The molecule has 152 valence electrons. The van der Waals surface area contributed by atoms with E-state index in [-0.39, 0.29) is 5.92 Å². The third-order valence-corrected chi connectivity index (χ3v) is 5.66. The van der Waals surface area contributed by atoms with E-state index in [4.69, 9.17) is 5.73 Å². The molecule has 6 nitrogen and oxygen atoms in total. The van der Waals surface area contributed by atoms with Crippen molar-refractivity contribution in [3.63, 3.8) is 0 Å². The molecule has 6 heteroatoms. The minimum absolute atomic E-state index is 0.222. The minimum atomic E-state index is -0.783. The average molecular weight is 383 g/mol. The molecule has 1 aromatic carbocycles. The van der Waals surface area contributed by atoms with Crippen LogP contribution in [0.4, 0.5) is 5.69 Å². The molecule has 28 heavy (non-hydrogen) atoms. The molecule has 3 rings (SSSR count). The van der Waals surface area contributed by atoms with Gasteiger partial charge in [0.2, 0.25) is 0 Å². The maximum atomic E-state index is 6.61. The first-order valence-electron chi connectivity index (χ1n) is 10.3. The fourth-order valence-corrected chi connectivity index (χ4v) is 3.74. The number of aliphatic imine (C=N–C) groups is 1. The number of H-pyrrole nitrogens is 1. The number of nitrogens with zero attached hydrogens (tertiary/aromatic N) is 2. The number of aryl methyl sites for hydroxylation is 1. The van der Waals surface area contributed by atoms with E-state index in [0.717, 1.165) is 55.2 Å². The first kappa shape index (κ1) is 20.4. The molecule has 2 heterocycles. The minimum Gasteiger partial charge on any atom is -0.359 e. The summed E-state index contributed by atoms with van der Waals surface area (Å²) in [4.78, 5) is 10.3. The Hall–Kier alpha value is -2.31. The van der Waals surface area contributed by atoms with Crippen LogP contribution < -0.4 is 16.4 Å². The second kappa shape index (κ2) is 8.80. The molecule has 0 bridgehead atoms. The number of hydrogen-bond donors (Lipinski definition) is 4. The van der Waals surface area contributed by atoms with E-state index < -0.39 is 5.79 Å². The Labute approximate surface area is 168 Å². The van der Waals surface area contributed by atoms with E-state index in [1.165, 1.54) is 5.39 Å². The molecular formula is C22H34N6. The number of aromatic amines is 1. The molecule has 0 radical (unpaired) electrons. The Morgan fingerprint density at radius 2 is 2.04 bits per heavy atom. The van der Waals surface area contributed by atoms with Crippen LogP contribution in [0.2, 0.25) is 0 Å². The zero-order valence-corrected chi connectivity index (χ0v) is 17.5. The molecule has 0 amide bonds. The molecule has 1 aromatic heterocycles. The molecular weight excluding hydrogens is 348 g/mol. The van der Waals surface area contributed by atoms with Crippen molar-refractivity contribution in [1.82, 2.24) is 15.2 Å². The monoisotopic (exact) mass is 382 g/mol. The van der Waals surface area contributed by atoms with Gasteiger partial charge in [0, 0.05) is 34.4 Å². The molecule has 2 aromatic rings. The first-order valence-corrected chi connectivity index (χ1v) is 10.3. The number of benzene rings is 1. The molecule has 1 aliphatic heterocycles. The van der Waals surface area contributed by atoms with Crippen LogP contribution in [0.5, 0.6) is 0 Å². The van der Waals surface area contributed by atoms with Gasteiger partial charge in [-0.15, -0.1) is 0 Å². The van der Waals surface area contributed by atoms with Crippen molar-refractivity contribution in [2.75, 3.05) is 25.0 Å². The number of allylic oxidation sites excluding steroid dienone is 1. The maximum absolute atomic E-state index is 6.61. The van der Waals surface area contributed by atoms with E-state index in [2.05, 4.69) is 77.5 Å². The molecule has 0 saturated heterocycles. The molecule has 1 aliphatic rings. The van der Waals surface area contributed by atoms with E-state index >= 15 is 0 Å². The summed E-state index contributed by atoms with van der Waals surface area (Å²) in [5, 5.41) is 8.04. The Morgan fingerprint density at radius 1 is 1.25 bits per heavy atom. The van der Waals surface area contributed by atoms with Crippen LogP contribution in [0.15, 0.2) is 41.2 Å². The number of hydrogen-bond acceptors (Lipinski definition) is 5. The van der Waals surface area contributed by atoms with Crippen LogP contribution in [0.1, 0.15) is 39.3 Å². The molecule has 0 spiro atoms. The number of nitrogens with one attached hydrogen (secondary N) is 3. The second-order valence-electron chi connectivity index (χ2n) is 7.76. The molecule has 5 N–H and O–H groups in total. The van der Waals surface area contributed by atoms with Crippen LogP contribution in [0.25, 0.3) is 10.9 Å². The lowest BCUT2D eigenvalue weighted by Crippen LogP contribution is -2.58. The molecule has 2 unspecified atom stereocenters. The lowest BCUT2D eigenvalue weighted by Gasteiger charge is -2.36. The molecule has 0 aliphatic carbocycles. The van der Waals surface area contributed by atoms with E-state index in [1.807, 2.05) is 6.08 Å². The van der Waals surface area contributed by atoms with Crippen molar-refractivity contribution in [2.45, 2.75) is 46.3 Å². The topological polar surface area (TPSA) is 81.5 Å². The Kier molecular flexibility index (Phi) is 6.42. The first-order chi connectivity index (χ1) is 13.4. The smallest absolute Gasteiger partial charge is 0.185 e. The standard InChI is InChI=1S/C22H34N6/c1-5-28(6-2)13-7-8-16(3)22(23)24-12-11-21(27-22)26-19-9-10-20-18(15-19)14-17(4)25-20/h9-12,14-16,25-27H,5-8,13,23H2,1-4H3. The highest BCUT2D eigenvalue weighted by Gasteiger charge is 2.32. The fourth-order valence-electron chi connectivity index (χ4n) is 3.74. The van der Waals surface area contributed by atoms with E-state index in [0.29, 0.717) is 0 Å². The van der Waals surface area contributed by atoms with Crippen molar-refractivity contribution in [2.24, 2.45) is 16.6 Å². The van der Waals surface area contributed by atoms with Crippen molar-refractivity contribution >= 4 is 22.8 Å². The maximum Gasteiger partial charge on any atom is 0.185 e. The summed E-state index contributed by atoms with van der Waals surface area (Å²) < 4.78 is 0. The van der Waals surface area contributed by atoms with Gasteiger partial charge in [-0.05, 0) is 69.7 Å². The van der Waals surface area contributed by atoms with Gasteiger partial charge in [-0.25, -0.2) is 0 Å². The largest absolute Gasteiger partial charge is 0.359 e. The zero-order valence-electron chi connectivity index (χ0n) is 17.5. The highest BCUT2D eigenvalue weighted by atomic mass is 15.3. The summed E-state index contributed by atoms with van der Waals surface area (Å²) in [6, 6.07) is 8.45. The summed E-state index contributed by atoms with van der Waals surface area (Å²) in [7, 11) is 0. The Morgan fingerprint density at radius 3 is 2.79 bits per heavy atom. The third kappa shape index (κ3) is 4.75. The van der Waals surface area contributed by atoms with Gasteiger partial charge in [0.25, 0.3) is 0 Å². The van der Waals surface area contributed by atoms with Gasteiger partial charge < -0.3 is 20.5 Å². The van der Waals surface area contributed by atoms with Crippen LogP contribution in [-0.4, -0.2) is 41.5 Å². The van der Waals surface area contributed by atoms with Crippen molar-refractivity contribution < 1.29 is 0 Å². The van der Waals surface area contributed by atoms with Gasteiger partial charge in [0.15, 0.2) is 5.79 Å². The highest BCUT2D eigenvalue weighted by Crippen LogP contribution is 2.24. The van der Waals surface area contributed by atoms with Crippen LogP contribution >= 0.6 is 0 Å². The molecule has 0 saturated carbocycles. The summed E-state index contributed by atoms with van der Waals surface area (Å²) in [6.45, 7) is 11.9. The summed E-state index contributed by atoms with van der Waals surface area (Å²) in [6.07, 6.45) is 5.88. The lowest BCUT2D eigenvalue weighted by atomic mass is 9.96. The summed E-state index contributed by atoms with van der Waals surface area (Å²) in [5.74, 6) is 0.314. The highest BCUT2D eigenvalue weighted by molar-refractivity contribution is 5.84. The Balaban J connectivity index is 1.60. The Bertz CT molecular complexity index is 848. The lowest BCUT2D eigenvalue weighted by molar-refractivity contribution is 0.224. The van der Waals surface area contributed by atoms with Gasteiger partial charge in [-0.2, -0.15) is 0 Å². The summed E-state index contributed by atoms with van der Waals surface area (Å²) in [5.41, 5.74) is 9.94. The predicted molar refractivity (Wildman–Crippen MR) is 119 cm³/mol. The van der Waals surface area contributed by atoms with E-state index in [1.54, 1.807) is 6.21 Å². The van der Waals surface area contributed by atoms with Crippen molar-refractivity contribution in [3.8, 4) is 0 Å². The quantitative estimate of drug-likeness (QED) is 0.532. The van der Waals surface area contributed by atoms with Crippen LogP contribution in [0.3, 0.4) is 0 Å². The number of anilines is 1. The number of nitrogens with two attached hydrogens (primary N) is 1. The number of fused-ring (bicyclic) bond motifs is 1. The van der Waals surface area contributed by atoms with Gasteiger partial charge in [-0.3, -0.25) is 10.7 Å². The predicted octanol–water partition coefficient (Wildman–Crippen LogP) is 3.77. The average Bonchev–Trinajstić information content (AvgIpc) is 3.04. The van der Waals surface area contributed by atoms with E-state index in [9.17, 15) is 0 Å². The zero-order chi connectivity index (χ0) is 20.1. The van der Waals surface area contributed by atoms with Crippen LogP contribution in [0, 0.1) is 12.8 Å². The van der Waals surface area contributed by atoms with Crippen molar-refractivity contribution in [1.29, 1.82) is 0 Å². The normalized spacial score (nSPS) is 20.3. The number of aromatic nitrogens is 1. The second-order valence-corrected chi connectivity index (χ2v) is 7.76. The van der Waals surface area contributed by atoms with Gasteiger partial charge in [0.05, 0.1) is 0 Å². The fraction of sp³-hybridized carbons (Fsp3) is 0.500. The van der Waals surface area contributed by atoms with Crippen LogP contribution in [-0.2, 0) is 0 Å². The number of rotatable bonds is 9. The summed E-state index contributed by atoms with van der Waals surface area (Å²) >= 11 is 0. The third-order valence-electron chi connectivity index (χ3n) is 5.66. The molecule has 2 atom stereocenters. The van der Waals surface area contributed by atoms with Gasteiger partial charge >= 0.3 is 0 Å². The molecule has 0 fully saturated rings. The van der Waals surface area contributed by atoms with Crippen molar-refractivity contribution in [3.05, 3.63) is 41.9 Å². The van der Waals surface area contributed by atoms with Gasteiger partial charge in [-0.1, -0.05) is 20.8 Å².